The van der Waals surface area contributed by atoms with Gasteiger partial charge in [-0.15, -0.1) is 0 Å². The Kier molecular flexibility index (Phi) is 4.90. The normalized spacial score (nSPS) is 12.3. The van der Waals surface area contributed by atoms with Crippen LogP contribution < -0.4 is 0 Å². The Hall–Kier alpha value is -1.13. The summed E-state index contributed by atoms with van der Waals surface area (Å²) in [6.45, 7) is 2.22. The van der Waals surface area contributed by atoms with Crippen molar-refractivity contribution in [3.8, 4) is 0 Å². The molecule has 94 valence electrons. The van der Waals surface area contributed by atoms with E-state index >= 15 is 0 Å². The van der Waals surface area contributed by atoms with Gasteiger partial charge in [0.1, 0.15) is 5.82 Å². The molecule has 5 heteroatoms. The zero-order valence-corrected chi connectivity index (χ0v) is 10.8. The molecule has 3 nitrogen and oxygen atoms in total. The molecule has 1 atom stereocenters. The summed E-state index contributed by atoms with van der Waals surface area (Å²) in [7, 11) is 3.15. The van der Waals surface area contributed by atoms with Gasteiger partial charge in [-0.2, -0.15) is 0 Å². The number of rotatable bonds is 4. The first kappa shape index (κ1) is 13.9. The molecule has 0 radical (unpaired) electrons. The number of likely N-dealkylation sites (N-methyl/N-ethyl adjacent to an activating group) is 1. The third-order valence-electron chi connectivity index (χ3n) is 2.55. The first-order chi connectivity index (χ1) is 7.97. The Morgan fingerprint density at radius 2 is 2.24 bits per heavy atom. The monoisotopic (exact) mass is 259 g/mol. The van der Waals surface area contributed by atoms with Crippen LogP contribution in [0.4, 0.5) is 4.39 Å². The van der Waals surface area contributed by atoms with E-state index in [2.05, 4.69) is 0 Å². The van der Waals surface area contributed by atoms with Crippen molar-refractivity contribution >= 4 is 17.5 Å². The Labute approximate surface area is 105 Å². The maximum Gasteiger partial charge on any atom is 0.256 e. The summed E-state index contributed by atoms with van der Waals surface area (Å²) in [6.07, 6.45) is 0. The average molecular weight is 260 g/mol. The predicted octanol–water partition coefficient (Wildman–Crippen LogP) is 2.59. The van der Waals surface area contributed by atoms with Crippen molar-refractivity contribution in [1.82, 2.24) is 4.90 Å². The molecule has 0 bridgehead atoms. The molecule has 1 amide bonds. The molecule has 0 aliphatic carbocycles. The molecule has 0 aromatic heterocycles. The lowest BCUT2D eigenvalue weighted by molar-refractivity contribution is 0.0629. The summed E-state index contributed by atoms with van der Waals surface area (Å²) in [5.41, 5.74) is -0.0250. The van der Waals surface area contributed by atoms with E-state index in [1.54, 1.807) is 14.2 Å². The number of carbonyl (C=O) groups excluding carboxylic acids is 1. The topological polar surface area (TPSA) is 29.5 Å². The van der Waals surface area contributed by atoms with E-state index in [1.807, 2.05) is 6.92 Å². The number of hydrogen-bond acceptors (Lipinski definition) is 2. The molecule has 0 N–H and O–H groups in total. The zero-order valence-electron chi connectivity index (χ0n) is 10.0. The molecule has 0 saturated heterocycles. The lowest BCUT2D eigenvalue weighted by atomic mass is 10.1. The van der Waals surface area contributed by atoms with Gasteiger partial charge in [0.15, 0.2) is 0 Å². The molecule has 0 spiro atoms. The van der Waals surface area contributed by atoms with Crippen LogP contribution in [0, 0.1) is 5.82 Å². The molecule has 1 aromatic carbocycles. The third kappa shape index (κ3) is 3.41. The predicted molar refractivity (Wildman–Crippen MR) is 64.8 cm³/mol. The summed E-state index contributed by atoms with van der Waals surface area (Å²) in [5, 5.41) is 0.336. The molecular formula is C12H15ClFNO2. The molecule has 0 aliphatic rings. The highest BCUT2D eigenvalue weighted by atomic mass is 35.5. The van der Waals surface area contributed by atoms with Crippen LogP contribution in [-0.4, -0.2) is 37.6 Å². The van der Waals surface area contributed by atoms with Gasteiger partial charge in [0.2, 0.25) is 0 Å². The number of carbonyl (C=O) groups is 1. The number of methoxy groups -OCH3 is 1. The second-order valence-corrected chi connectivity index (χ2v) is 4.28. The molecule has 0 heterocycles. The van der Waals surface area contributed by atoms with Gasteiger partial charge in [-0.05, 0) is 25.1 Å². The van der Waals surface area contributed by atoms with Gasteiger partial charge in [0, 0.05) is 19.2 Å². The van der Waals surface area contributed by atoms with Gasteiger partial charge in [-0.25, -0.2) is 4.39 Å². The van der Waals surface area contributed by atoms with Crippen LogP contribution in [0.3, 0.4) is 0 Å². The highest BCUT2D eigenvalue weighted by molar-refractivity contribution is 6.30. The standard InChI is InChI=1S/C12H15ClFNO2/c1-8(7-17-3)15(2)12(16)10-6-9(13)4-5-11(10)14/h4-6,8H,7H2,1-3H3. The molecule has 1 aromatic rings. The SMILES string of the molecule is COCC(C)N(C)C(=O)c1cc(Cl)ccc1F. The van der Waals surface area contributed by atoms with Crippen molar-refractivity contribution in [1.29, 1.82) is 0 Å². The summed E-state index contributed by atoms with van der Waals surface area (Å²) >= 11 is 5.74. The van der Waals surface area contributed by atoms with E-state index in [-0.39, 0.29) is 11.6 Å². The highest BCUT2D eigenvalue weighted by Crippen LogP contribution is 2.17. The summed E-state index contributed by atoms with van der Waals surface area (Å²) in [4.78, 5) is 13.4. The van der Waals surface area contributed by atoms with Gasteiger partial charge in [0.25, 0.3) is 5.91 Å². The minimum Gasteiger partial charge on any atom is -0.383 e. The van der Waals surface area contributed by atoms with Gasteiger partial charge in [-0.3, -0.25) is 4.79 Å². The smallest absolute Gasteiger partial charge is 0.256 e. The van der Waals surface area contributed by atoms with E-state index in [1.165, 1.54) is 23.1 Å². The first-order valence-corrected chi connectivity index (χ1v) is 5.56. The van der Waals surface area contributed by atoms with Crippen LogP contribution in [0.5, 0.6) is 0 Å². The molecule has 1 unspecified atom stereocenters. The molecule has 0 aliphatic heterocycles. The lowest BCUT2D eigenvalue weighted by Gasteiger charge is -2.24. The van der Waals surface area contributed by atoms with E-state index in [0.717, 1.165) is 0 Å². The van der Waals surface area contributed by atoms with E-state index in [4.69, 9.17) is 16.3 Å². The Bertz CT molecular complexity index is 411. The fraction of sp³-hybridized carbons (Fsp3) is 0.417. The molecule has 17 heavy (non-hydrogen) atoms. The number of nitrogens with zero attached hydrogens (tertiary/aromatic N) is 1. The van der Waals surface area contributed by atoms with Crippen molar-refractivity contribution < 1.29 is 13.9 Å². The lowest BCUT2D eigenvalue weighted by Crippen LogP contribution is -2.38. The van der Waals surface area contributed by atoms with Gasteiger partial charge >= 0.3 is 0 Å². The molecular weight excluding hydrogens is 245 g/mol. The van der Waals surface area contributed by atoms with Gasteiger partial charge < -0.3 is 9.64 Å². The molecule has 0 fully saturated rings. The maximum absolute atomic E-state index is 13.5. The molecule has 0 saturated carbocycles. The van der Waals surface area contributed by atoms with Crippen LogP contribution in [0.25, 0.3) is 0 Å². The first-order valence-electron chi connectivity index (χ1n) is 5.18. The minimum atomic E-state index is -0.573. The summed E-state index contributed by atoms with van der Waals surface area (Å²) in [5.74, 6) is -0.981. The quantitative estimate of drug-likeness (QED) is 0.832. The Morgan fingerprint density at radius 1 is 1.59 bits per heavy atom. The van der Waals surface area contributed by atoms with Crippen molar-refractivity contribution in [3.63, 3.8) is 0 Å². The van der Waals surface area contributed by atoms with Crippen molar-refractivity contribution in [2.45, 2.75) is 13.0 Å². The number of ether oxygens (including phenoxy) is 1. The second-order valence-electron chi connectivity index (χ2n) is 3.84. The van der Waals surface area contributed by atoms with Crippen LogP contribution >= 0.6 is 11.6 Å². The fourth-order valence-corrected chi connectivity index (χ4v) is 1.58. The number of amides is 1. The Morgan fingerprint density at radius 3 is 2.82 bits per heavy atom. The van der Waals surface area contributed by atoms with E-state index in [9.17, 15) is 9.18 Å². The number of halogens is 2. The fourth-order valence-electron chi connectivity index (χ4n) is 1.40. The average Bonchev–Trinajstić information content (AvgIpc) is 2.30. The van der Waals surface area contributed by atoms with Gasteiger partial charge in [-0.1, -0.05) is 11.6 Å². The summed E-state index contributed by atoms with van der Waals surface area (Å²) in [6, 6.07) is 3.79. The maximum atomic E-state index is 13.5. The molecule has 1 rings (SSSR count). The minimum absolute atomic E-state index is 0.0250. The van der Waals surface area contributed by atoms with E-state index < -0.39 is 11.7 Å². The third-order valence-corrected chi connectivity index (χ3v) is 2.78. The zero-order chi connectivity index (χ0) is 13.0. The number of hydrogen-bond donors (Lipinski definition) is 0. The van der Waals surface area contributed by atoms with Crippen molar-refractivity contribution in [2.75, 3.05) is 20.8 Å². The van der Waals surface area contributed by atoms with E-state index in [0.29, 0.717) is 11.6 Å². The van der Waals surface area contributed by atoms with Crippen LogP contribution in [0.2, 0.25) is 5.02 Å². The Balaban J connectivity index is 2.92. The van der Waals surface area contributed by atoms with Crippen LogP contribution in [-0.2, 0) is 4.74 Å². The van der Waals surface area contributed by atoms with Gasteiger partial charge in [0.05, 0.1) is 18.2 Å². The van der Waals surface area contributed by atoms with Crippen LogP contribution in [0.15, 0.2) is 18.2 Å². The largest absolute Gasteiger partial charge is 0.383 e. The van der Waals surface area contributed by atoms with Crippen molar-refractivity contribution in [2.24, 2.45) is 0 Å². The van der Waals surface area contributed by atoms with Crippen molar-refractivity contribution in [3.05, 3.63) is 34.6 Å². The number of benzene rings is 1. The van der Waals surface area contributed by atoms with Crippen LogP contribution in [0.1, 0.15) is 17.3 Å². The second kappa shape index (κ2) is 5.98. The summed E-state index contributed by atoms with van der Waals surface area (Å²) < 4.78 is 18.4. The highest BCUT2D eigenvalue weighted by Gasteiger charge is 2.20.